The largest absolute Gasteiger partial charge is 0.207 e. The summed E-state index contributed by atoms with van der Waals surface area (Å²) in [5, 5.41) is 0. The molecule has 2 aliphatic carbocycles. The zero-order chi connectivity index (χ0) is 18.6. The fourth-order valence-electron chi connectivity index (χ4n) is 4.97. The maximum absolute atomic E-state index is 13.9. The molecule has 0 nitrogen and oxygen atoms in total. The van der Waals surface area contributed by atoms with Crippen molar-refractivity contribution >= 4 is 5.57 Å². The zero-order valence-corrected chi connectivity index (χ0v) is 16.5. The number of rotatable bonds is 5. The molecular formula is C26H31F. The number of benzene rings is 2. The lowest BCUT2D eigenvalue weighted by molar-refractivity contribution is 0.304. The molecule has 0 spiro atoms. The van der Waals surface area contributed by atoms with Crippen molar-refractivity contribution in [1.29, 1.82) is 0 Å². The van der Waals surface area contributed by atoms with Crippen LogP contribution in [0.5, 0.6) is 0 Å². The van der Waals surface area contributed by atoms with Crippen LogP contribution in [0.4, 0.5) is 4.39 Å². The highest BCUT2D eigenvalue weighted by Crippen LogP contribution is 2.38. The summed E-state index contributed by atoms with van der Waals surface area (Å²) in [6.45, 7) is 2.30. The van der Waals surface area contributed by atoms with E-state index in [4.69, 9.17) is 0 Å². The molecule has 1 fully saturated rings. The third-order valence-electron chi connectivity index (χ3n) is 6.71. The summed E-state index contributed by atoms with van der Waals surface area (Å²) in [6.07, 6.45) is 13.4. The lowest BCUT2D eigenvalue weighted by Gasteiger charge is -2.29. The minimum Gasteiger partial charge on any atom is -0.207 e. The molecule has 0 bridgehead atoms. The summed E-state index contributed by atoms with van der Waals surface area (Å²) in [6, 6.07) is 14.7. The van der Waals surface area contributed by atoms with Crippen LogP contribution in [0.15, 0.2) is 48.5 Å². The van der Waals surface area contributed by atoms with Crippen molar-refractivity contribution in [3.05, 3.63) is 76.6 Å². The third kappa shape index (κ3) is 4.18. The maximum atomic E-state index is 13.9. The normalized spacial score (nSPS) is 22.2. The Morgan fingerprint density at radius 1 is 0.963 bits per heavy atom. The van der Waals surface area contributed by atoms with Gasteiger partial charge in [-0.15, -0.1) is 0 Å². The molecule has 0 saturated heterocycles. The highest BCUT2D eigenvalue weighted by molar-refractivity contribution is 5.70. The van der Waals surface area contributed by atoms with E-state index in [0.29, 0.717) is 6.42 Å². The first kappa shape index (κ1) is 18.5. The van der Waals surface area contributed by atoms with E-state index in [1.54, 1.807) is 6.07 Å². The first-order valence-corrected chi connectivity index (χ1v) is 10.8. The number of fused-ring (bicyclic) bond motifs is 1. The topological polar surface area (TPSA) is 0 Å². The van der Waals surface area contributed by atoms with Crippen molar-refractivity contribution in [2.75, 3.05) is 0 Å². The van der Waals surface area contributed by atoms with E-state index >= 15 is 0 Å². The number of halogens is 1. The van der Waals surface area contributed by atoms with Gasteiger partial charge < -0.3 is 0 Å². The van der Waals surface area contributed by atoms with E-state index in [1.807, 2.05) is 6.07 Å². The number of hydrogen-bond acceptors (Lipinski definition) is 0. The van der Waals surface area contributed by atoms with Gasteiger partial charge >= 0.3 is 0 Å². The molecule has 142 valence electrons. The highest BCUT2D eigenvalue weighted by Gasteiger charge is 2.22. The zero-order valence-electron chi connectivity index (χ0n) is 16.5. The van der Waals surface area contributed by atoms with Gasteiger partial charge in [0.05, 0.1) is 0 Å². The number of allylic oxidation sites excluding steroid dienone is 2. The number of unbranched alkanes of at least 4 members (excludes halogenated alkanes) is 1. The Hall–Kier alpha value is -1.89. The van der Waals surface area contributed by atoms with Gasteiger partial charge in [-0.3, -0.25) is 0 Å². The Morgan fingerprint density at radius 3 is 2.48 bits per heavy atom. The molecule has 0 radical (unpaired) electrons. The van der Waals surface area contributed by atoms with Gasteiger partial charge in [0.15, 0.2) is 0 Å². The van der Waals surface area contributed by atoms with Gasteiger partial charge in [0.25, 0.3) is 0 Å². The van der Waals surface area contributed by atoms with Crippen LogP contribution in [-0.4, -0.2) is 0 Å². The highest BCUT2D eigenvalue weighted by atomic mass is 19.1. The molecular weight excluding hydrogens is 331 g/mol. The van der Waals surface area contributed by atoms with Gasteiger partial charge in [-0.25, -0.2) is 4.39 Å². The Bertz CT molecular complexity index is 791. The minimum atomic E-state index is -0.0623. The smallest absolute Gasteiger partial charge is 0.126 e. The average molecular weight is 363 g/mol. The molecule has 0 heterocycles. The fourth-order valence-corrected chi connectivity index (χ4v) is 4.97. The van der Waals surface area contributed by atoms with Crippen LogP contribution in [0.1, 0.15) is 80.0 Å². The Morgan fingerprint density at radius 2 is 1.74 bits per heavy atom. The van der Waals surface area contributed by atoms with Gasteiger partial charge in [-0.1, -0.05) is 68.7 Å². The van der Waals surface area contributed by atoms with Crippen LogP contribution in [0.25, 0.3) is 5.57 Å². The van der Waals surface area contributed by atoms with Crippen LogP contribution in [-0.2, 0) is 12.8 Å². The average Bonchev–Trinajstić information content (AvgIpc) is 2.73. The van der Waals surface area contributed by atoms with Gasteiger partial charge in [0.1, 0.15) is 5.82 Å². The second kappa shape index (κ2) is 8.42. The van der Waals surface area contributed by atoms with Crippen LogP contribution < -0.4 is 0 Å². The molecule has 2 aliphatic rings. The Kier molecular flexibility index (Phi) is 5.76. The van der Waals surface area contributed by atoms with Gasteiger partial charge in [0, 0.05) is 0 Å². The van der Waals surface area contributed by atoms with E-state index in [2.05, 4.69) is 43.3 Å². The summed E-state index contributed by atoms with van der Waals surface area (Å²) >= 11 is 0. The first-order chi connectivity index (χ1) is 13.2. The molecule has 2 aromatic carbocycles. The van der Waals surface area contributed by atoms with Crippen molar-refractivity contribution in [3.63, 3.8) is 0 Å². The molecule has 0 aromatic heterocycles. The lowest BCUT2D eigenvalue weighted by Crippen LogP contribution is -2.13. The van der Waals surface area contributed by atoms with Crippen molar-refractivity contribution in [1.82, 2.24) is 0 Å². The fraction of sp³-hybridized carbons (Fsp3) is 0.462. The van der Waals surface area contributed by atoms with Crippen LogP contribution in [0.2, 0.25) is 0 Å². The van der Waals surface area contributed by atoms with Gasteiger partial charge in [-0.05, 0) is 84.3 Å². The first-order valence-electron chi connectivity index (χ1n) is 10.8. The molecule has 2 aromatic rings. The SMILES string of the molecule is CCCCC1CCC(c2ccc(C3=CCc4c(F)cccc4C3)cc2)CC1. The third-order valence-corrected chi connectivity index (χ3v) is 6.71. The summed E-state index contributed by atoms with van der Waals surface area (Å²) in [7, 11) is 0. The summed E-state index contributed by atoms with van der Waals surface area (Å²) in [4.78, 5) is 0. The molecule has 4 rings (SSSR count). The number of hydrogen-bond donors (Lipinski definition) is 0. The molecule has 0 amide bonds. The minimum absolute atomic E-state index is 0.0623. The standard InChI is InChI=1S/C26H31F/c1-2-3-5-19-8-10-20(11-9-19)21-12-14-22(15-13-21)23-16-17-25-24(18-23)6-4-7-26(25)27/h4,6-7,12-16,19-20H,2-3,5,8-11,17-18H2,1H3. The van der Waals surface area contributed by atoms with Crippen molar-refractivity contribution in [2.45, 2.75) is 70.6 Å². The van der Waals surface area contributed by atoms with Crippen LogP contribution in [0.3, 0.4) is 0 Å². The van der Waals surface area contributed by atoms with Crippen molar-refractivity contribution < 1.29 is 4.39 Å². The van der Waals surface area contributed by atoms with E-state index in [0.717, 1.165) is 29.4 Å². The molecule has 0 atom stereocenters. The van der Waals surface area contributed by atoms with Crippen molar-refractivity contribution in [3.8, 4) is 0 Å². The predicted octanol–water partition coefficient (Wildman–Crippen LogP) is 7.47. The van der Waals surface area contributed by atoms with E-state index in [1.165, 1.54) is 61.6 Å². The second-order valence-corrected chi connectivity index (χ2v) is 8.47. The molecule has 0 aliphatic heterocycles. The molecule has 1 heteroatoms. The second-order valence-electron chi connectivity index (χ2n) is 8.47. The van der Waals surface area contributed by atoms with Gasteiger partial charge in [-0.2, -0.15) is 0 Å². The Labute approximate surface area is 163 Å². The van der Waals surface area contributed by atoms with E-state index in [-0.39, 0.29) is 5.82 Å². The quantitative estimate of drug-likeness (QED) is 0.517. The molecule has 0 unspecified atom stereocenters. The lowest BCUT2D eigenvalue weighted by atomic mass is 9.77. The molecule has 27 heavy (non-hydrogen) atoms. The van der Waals surface area contributed by atoms with Crippen LogP contribution >= 0.6 is 0 Å². The summed E-state index contributed by atoms with van der Waals surface area (Å²) in [5.41, 5.74) is 6.16. The van der Waals surface area contributed by atoms with E-state index in [9.17, 15) is 4.39 Å². The summed E-state index contributed by atoms with van der Waals surface area (Å²) < 4.78 is 13.9. The predicted molar refractivity (Wildman–Crippen MR) is 112 cm³/mol. The maximum Gasteiger partial charge on any atom is 0.126 e. The van der Waals surface area contributed by atoms with E-state index < -0.39 is 0 Å². The molecule has 1 saturated carbocycles. The van der Waals surface area contributed by atoms with Crippen LogP contribution in [0, 0.1) is 11.7 Å². The monoisotopic (exact) mass is 362 g/mol. The Balaban J connectivity index is 1.40. The van der Waals surface area contributed by atoms with Gasteiger partial charge in [0.2, 0.25) is 0 Å². The molecule has 0 N–H and O–H groups in total. The van der Waals surface area contributed by atoms with Crippen molar-refractivity contribution in [2.24, 2.45) is 5.92 Å². The summed E-state index contributed by atoms with van der Waals surface area (Å²) in [5.74, 6) is 1.65.